The van der Waals surface area contributed by atoms with Gasteiger partial charge in [0.25, 0.3) is 0 Å². The molecule has 0 bridgehead atoms. The zero-order chi connectivity index (χ0) is 12.3. The van der Waals surface area contributed by atoms with Crippen molar-refractivity contribution < 1.29 is 13.2 Å². The van der Waals surface area contributed by atoms with Crippen molar-refractivity contribution in [1.82, 2.24) is 5.32 Å². The summed E-state index contributed by atoms with van der Waals surface area (Å²) >= 11 is 3.31. The number of rotatable bonds is 4. The molecule has 0 aromatic heterocycles. The van der Waals surface area contributed by atoms with Gasteiger partial charge in [0.1, 0.15) is 0 Å². The smallest absolute Gasteiger partial charge is 0.234 e. The fourth-order valence-electron chi connectivity index (χ4n) is 1.68. The van der Waals surface area contributed by atoms with Crippen LogP contribution in [-0.2, 0) is 14.6 Å². The Hall–Kier alpha value is -0.100. The van der Waals surface area contributed by atoms with Crippen molar-refractivity contribution in [3.8, 4) is 0 Å². The van der Waals surface area contributed by atoms with Gasteiger partial charge in [0.2, 0.25) is 5.91 Å². The van der Waals surface area contributed by atoms with Crippen LogP contribution in [0.3, 0.4) is 0 Å². The van der Waals surface area contributed by atoms with Crippen LogP contribution < -0.4 is 5.32 Å². The highest BCUT2D eigenvalue weighted by molar-refractivity contribution is 9.10. The van der Waals surface area contributed by atoms with Crippen LogP contribution in [0, 0.1) is 11.8 Å². The van der Waals surface area contributed by atoms with E-state index in [1.54, 1.807) is 0 Å². The molecule has 4 nitrogen and oxygen atoms in total. The molecule has 1 saturated heterocycles. The van der Waals surface area contributed by atoms with Crippen LogP contribution >= 0.6 is 15.9 Å². The normalized spacial score (nSPS) is 25.6. The van der Waals surface area contributed by atoms with E-state index in [0.29, 0.717) is 13.0 Å². The highest BCUT2D eigenvalue weighted by atomic mass is 79.9. The van der Waals surface area contributed by atoms with Gasteiger partial charge in [-0.25, -0.2) is 8.42 Å². The van der Waals surface area contributed by atoms with E-state index in [1.165, 1.54) is 0 Å². The molecule has 1 aliphatic heterocycles. The summed E-state index contributed by atoms with van der Waals surface area (Å²) in [5, 5.41) is 2.79. The number of sulfone groups is 1. The minimum atomic E-state index is -2.84. The van der Waals surface area contributed by atoms with Gasteiger partial charge < -0.3 is 5.32 Å². The average molecular weight is 312 g/mol. The van der Waals surface area contributed by atoms with Crippen LogP contribution in [0.15, 0.2) is 0 Å². The van der Waals surface area contributed by atoms with E-state index in [2.05, 4.69) is 21.2 Å². The van der Waals surface area contributed by atoms with E-state index < -0.39 is 9.84 Å². The molecule has 0 aliphatic carbocycles. The Bertz CT molecular complexity index is 353. The maximum Gasteiger partial charge on any atom is 0.234 e. The van der Waals surface area contributed by atoms with Crippen molar-refractivity contribution in [2.45, 2.75) is 25.1 Å². The number of hydrogen-bond acceptors (Lipinski definition) is 3. The van der Waals surface area contributed by atoms with Crippen molar-refractivity contribution in [1.29, 1.82) is 0 Å². The highest BCUT2D eigenvalue weighted by Crippen LogP contribution is 2.18. The standard InChI is InChI=1S/C10H18BrNO3S/c1-7(2)9(11)10(13)12-5-8-3-4-16(14,15)6-8/h7-9H,3-6H2,1-2H3,(H,12,13). The van der Waals surface area contributed by atoms with E-state index in [1.807, 2.05) is 13.8 Å². The lowest BCUT2D eigenvalue weighted by atomic mass is 10.1. The van der Waals surface area contributed by atoms with E-state index in [0.717, 1.165) is 0 Å². The fraction of sp³-hybridized carbons (Fsp3) is 0.900. The molecule has 1 N–H and O–H groups in total. The van der Waals surface area contributed by atoms with Gasteiger partial charge in [-0.1, -0.05) is 29.8 Å². The van der Waals surface area contributed by atoms with Crippen molar-refractivity contribution in [3.05, 3.63) is 0 Å². The largest absolute Gasteiger partial charge is 0.355 e. The van der Waals surface area contributed by atoms with Crippen LogP contribution in [0.5, 0.6) is 0 Å². The average Bonchev–Trinajstić information content (AvgIpc) is 2.53. The minimum Gasteiger partial charge on any atom is -0.355 e. The first kappa shape index (κ1) is 14.0. The number of alkyl halides is 1. The van der Waals surface area contributed by atoms with Gasteiger partial charge in [0.15, 0.2) is 9.84 Å². The van der Waals surface area contributed by atoms with Crippen LogP contribution in [0.1, 0.15) is 20.3 Å². The molecule has 0 aromatic carbocycles. The Morgan fingerprint density at radius 3 is 2.56 bits per heavy atom. The molecule has 16 heavy (non-hydrogen) atoms. The molecule has 6 heteroatoms. The lowest BCUT2D eigenvalue weighted by molar-refractivity contribution is -0.121. The molecule has 2 atom stereocenters. The quantitative estimate of drug-likeness (QED) is 0.787. The summed E-state index contributed by atoms with van der Waals surface area (Å²) in [6.45, 7) is 4.38. The second kappa shape index (κ2) is 5.49. The van der Waals surface area contributed by atoms with Gasteiger partial charge >= 0.3 is 0 Å². The lowest BCUT2D eigenvalue weighted by Crippen LogP contribution is -2.37. The summed E-state index contributed by atoms with van der Waals surface area (Å²) < 4.78 is 22.4. The number of halogens is 1. The van der Waals surface area contributed by atoms with Gasteiger partial charge in [-0.3, -0.25) is 4.79 Å². The van der Waals surface area contributed by atoms with Crippen molar-refractivity contribution in [3.63, 3.8) is 0 Å². The molecule has 1 rings (SSSR count). The summed E-state index contributed by atoms with van der Waals surface area (Å²) in [4.78, 5) is 11.4. The third-order valence-electron chi connectivity index (χ3n) is 2.73. The lowest BCUT2D eigenvalue weighted by Gasteiger charge is -2.15. The van der Waals surface area contributed by atoms with Crippen molar-refractivity contribution >= 4 is 31.7 Å². The number of carbonyl (C=O) groups is 1. The Morgan fingerprint density at radius 2 is 2.12 bits per heavy atom. The predicted octanol–water partition coefficient (Wildman–Crippen LogP) is 0.957. The highest BCUT2D eigenvalue weighted by Gasteiger charge is 2.28. The molecule has 0 aromatic rings. The van der Waals surface area contributed by atoms with E-state index in [4.69, 9.17) is 0 Å². The zero-order valence-corrected chi connectivity index (χ0v) is 12.0. The minimum absolute atomic E-state index is 0.0562. The molecular weight excluding hydrogens is 294 g/mol. The van der Waals surface area contributed by atoms with Gasteiger partial charge in [0, 0.05) is 6.54 Å². The first-order valence-corrected chi connectivity index (χ1v) is 8.18. The number of carbonyl (C=O) groups excluding carboxylic acids is 1. The van der Waals surface area contributed by atoms with Gasteiger partial charge in [-0.2, -0.15) is 0 Å². The molecule has 0 saturated carbocycles. The van der Waals surface area contributed by atoms with Gasteiger partial charge in [0.05, 0.1) is 16.3 Å². The van der Waals surface area contributed by atoms with Gasteiger partial charge in [-0.15, -0.1) is 0 Å². The number of nitrogens with one attached hydrogen (secondary N) is 1. The third-order valence-corrected chi connectivity index (χ3v) is 6.04. The Morgan fingerprint density at radius 1 is 1.50 bits per heavy atom. The third kappa shape index (κ3) is 4.05. The Kier molecular flexibility index (Phi) is 4.79. The topological polar surface area (TPSA) is 63.2 Å². The second-order valence-corrected chi connectivity index (χ2v) is 7.88. The maximum atomic E-state index is 11.6. The molecule has 1 heterocycles. The van der Waals surface area contributed by atoms with Crippen LogP contribution in [-0.4, -0.2) is 37.2 Å². The molecule has 1 fully saturated rings. The maximum absolute atomic E-state index is 11.6. The summed E-state index contributed by atoms with van der Waals surface area (Å²) in [6.07, 6.45) is 0.664. The summed E-state index contributed by atoms with van der Waals surface area (Å²) in [5.41, 5.74) is 0. The molecule has 1 amide bonds. The molecule has 94 valence electrons. The zero-order valence-electron chi connectivity index (χ0n) is 9.57. The molecule has 1 aliphatic rings. The van der Waals surface area contributed by atoms with Gasteiger partial charge in [-0.05, 0) is 18.3 Å². The van der Waals surface area contributed by atoms with E-state index in [9.17, 15) is 13.2 Å². The molecule has 2 unspecified atom stereocenters. The number of amides is 1. The molecular formula is C10H18BrNO3S. The first-order valence-electron chi connectivity index (χ1n) is 5.44. The van der Waals surface area contributed by atoms with Crippen LogP contribution in [0.4, 0.5) is 0 Å². The first-order chi connectivity index (χ1) is 7.32. The Labute approximate surface area is 105 Å². The molecule has 0 radical (unpaired) electrons. The molecule has 0 spiro atoms. The summed E-state index contributed by atoms with van der Waals surface area (Å²) in [5.74, 6) is 0.726. The summed E-state index contributed by atoms with van der Waals surface area (Å²) in [7, 11) is -2.84. The number of hydrogen-bond donors (Lipinski definition) is 1. The van der Waals surface area contributed by atoms with E-state index >= 15 is 0 Å². The Balaban J connectivity index is 2.34. The predicted molar refractivity (Wildman–Crippen MR) is 67.3 cm³/mol. The second-order valence-electron chi connectivity index (χ2n) is 4.66. The summed E-state index contributed by atoms with van der Waals surface area (Å²) in [6, 6.07) is 0. The SMILES string of the molecule is CC(C)C(Br)C(=O)NCC1CCS(=O)(=O)C1. The van der Waals surface area contributed by atoms with E-state index in [-0.39, 0.29) is 34.1 Å². The van der Waals surface area contributed by atoms with Crippen LogP contribution in [0.25, 0.3) is 0 Å². The monoisotopic (exact) mass is 311 g/mol. The van der Waals surface area contributed by atoms with Crippen molar-refractivity contribution in [2.24, 2.45) is 11.8 Å². The van der Waals surface area contributed by atoms with Crippen LogP contribution in [0.2, 0.25) is 0 Å². The van der Waals surface area contributed by atoms with Crippen molar-refractivity contribution in [2.75, 3.05) is 18.1 Å². The fourth-order valence-corrected chi connectivity index (χ4v) is 3.70.